The van der Waals surface area contributed by atoms with E-state index in [9.17, 15) is 9.59 Å². The topological polar surface area (TPSA) is 94.8 Å². The highest BCUT2D eigenvalue weighted by molar-refractivity contribution is 6.05. The van der Waals surface area contributed by atoms with Crippen LogP contribution in [0.25, 0.3) is 0 Å². The smallest absolute Gasteiger partial charge is 0.311 e. The Morgan fingerprint density at radius 1 is 1.14 bits per heavy atom. The maximum Gasteiger partial charge on any atom is 0.311 e. The molecule has 0 aliphatic heterocycles. The normalized spacial score (nSPS) is 9.71. The highest BCUT2D eigenvalue weighted by Crippen LogP contribution is 2.25. The van der Waals surface area contributed by atoms with Gasteiger partial charge in [0, 0.05) is 5.56 Å². The third kappa shape index (κ3) is 2.22. The lowest BCUT2D eigenvalue weighted by Crippen LogP contribution is -2.06. The number of hydrogen-bond donors (Lipinski definition) is 3. The van der Waals surface area contributed by atoms with Gasteiger partial charge in [0.2, 0.25) is 0 Å². The third-order valence-corrected chi connectivity index (χ3v) is 1.61. The van der Waals surface area contributed by atoms with E-state index in [0.717, 1.165) is 12.1 Å². The lowest BCUT2D eigenvalue weighted by atomic mass is 10.1. The zero-order valence-electron chi connectivity index (χ0n) is 7.10. The average Bonchev–Trinajstić information content (AvgIpc) is 2.08. The quantitative estimate of drug-likeness (QED) is 0.376. The van der Waals surface area contributed by atoms with E-state index in [1.165, 1.54) is 6.07 Å². The molecule has 0 saturated heterocycles. The Balaban J connectivity index is 2.91. The minimum atomic E-state index is -1.23. The number of benzene rings is 1. The molecule has 5 nitrogen and oxygen atoms in total. The minimum absolute atomic E-state index is 0.0581. The average molecular weight is 196 g/mol. The number of phenolic OH excluding ortho intramolecular Hbond substituents is 2. The number of carbonyl (C=O) groups is 2. The number of phenols is 2. The van der Waals surface area contributed by atoms with Gasteiger partial charge in [-0.05, 0) is 18.2 Å². The fraction of sp³-hybridized carbons (Fsp3) is 0.111. The van der Waals surface area contributed by atoms with Crippen LogP contribution in [-0.2, 0) is 4.79 Å². The van der Waals surface area contributed by atoms with Crippen molar-refractivity contribution in [2.75, 3.05) is 0 Å². The van der Waals surface area contributed by atoms with Crippen molar-refractivity contribution in [2.24, 2.45) is 0 Å². The molecule has 0 fully saturated rings. The van der Waals surface area contributed by atoms with Crippen LogP contribution in [0, 0.1) is 0 Å². The van der Waals surface area contributed by atoms with E-state index in [1.807, 2.05) is 0 Å². The monoisotopic (exact) mass is 196 g/mol. The molecular weight excluding hydrogens is 188 g/mol. The Morgan fingerprint density at radius 3 is 2.29 bits per heavy atom. The molecule has 0 saturated carbocycles. The zero-order valence-corrected chi connectivity index (χ0v) is 7.10. The van der Waals surface area contributed by atoms with E-state index < -0.39 is 23.9 Å². The second kappa shape index (κ2) is 3.78. The Hall–Kier alpha value is -2.04. The molecule has 0 aromatic heterocycles. The lowest BCUT2D eigenvalue weighted by molar-refractivity contribution is -0.135. The molecule has 74 valence electrons. The standard InChI is InChI=1S/C9H8O5/c10-6-2-1-5(3-8(6)12)7(11)4-9(13)14/h1-3,10,12H,4H2,(H,13,14). The summed E-state index contributed by atoms with van der Waals surface area (Å²) < 4.78 is 0. The first-order valence-electron chi connectivity index (χ1n) is 3.77. The second-order valence-corrected chi connectivity index (χ2v) is 2.70. The fourth-order valence-electron chi connectivity index (χ4n) is 0.936. The lowest BCUT2D eigenvalue weighted by Gasteiger charge is -2.00. The van der Waals surface area contributed by atoms with Gasteiger partial charge in [-0.3, -0.25) is 9.59 Å². The van der Waals surface area contributed by atoms with Gasteiger partial charge in [0.15, 0.2) is 17.3 Å². The maximum atomic E-state index is 11.1. The van der Waals surface area contributed by atoms with E-state index in [2.05, 4.69) is 0 Å². The van der Waals surface area contributed by atoms with Gasteiger partial charge in [-0.2, -0.15) is 0 Å². The molecule has 0 unspecified atom stereocenters. The molecule has 0 aliphatic carbocycles. The van der Waals surface area contributed by atoms with E-state index in [-0.39, 0.29) is 11.3 Å². The summed E-state index contributed by atoms with van der Waals surface area (Å²) in [5.74, 6) is -2.64. The molecule has 3 N–H and O–H groups in total. The Bertz CT molecular complexity index is 383. The predicted octanol–water partition coefficient (Wildman–Crippen LogP) is 0.755. The van der Waals surface area contributed by atoms with Crippen LogP contribution in [0.5, 0.6) is 11.5 Å². The second-order valence-electron chi connectivity index (χ2n) is 2.70. The first-order valence-corrected chi connectivity index (χ1v) is 3.77. The van der Waals surface area contributed by atoms with Gasteiger partial charge in [0.25, 0.3) is 0 Å². The number of hydrogen-bond acceptors (Lipinski definition) is 4. The summed E-state index contributed by atoms with van der Waals surface area (Å²) >= 11 is 0. The molecule has 1 aromatic carbocycles. The molecule has 0 radical (unpaired) electrons. The van der Waals surface area contributed by atoms with Gasteiger partial charge in [-0.1, -0.05) is 0 Å². The first-order chi connectivity index (χ1) is 6.50. The van der Waals surface area contributed by atoms with Crippen LogP contribution in [0.1, 0.15) is 16.8 Å². The summed E-state index contributed by atoms with van der Waals surface area (Å²) in [6.45, 7) is 0. The van der Waals surface area contributed by atoms with Crippen molar-refractivity contribution < 1.29 is 24.9 Å². The van der Waals surface area contributed by atoms with Crippen molar-refractivity contribution in [3.8, 4) is 11.5 Å². The predicted molar refractivity (Wildman–Crippen MR) is 46.4 cm³/mol. The third-order valence-electron chi connectivity index (χ3n) is 1.61. The molecule has 14 heavy (non-hydrogen) atoms. The maximum absolute atomic E-state index is 11.1. The summed E-state index contributed by atoms with van der Waals surface area (Å²) in [7, 11) is 0. The molecular formula is C9H8O5. The summed E-state index contributed by atoms with van der Waals surface area (Å²) in [6, 6.07) is 3.41. The molecule has 1 rings (SSSR count). The molecule has 0 atom stereocenters. The van der Waals surface area contributed by atoms with Crippen LogP contribution < -0.4 is 0 Å². The van der Waals surface area contributed by atoms with Gasteiger partial charge in [-0.25, -0.2) is 0 Å². The Kier molecular flexibility index (Phi) is 2.71. The van der Waals surface area contributed by atoms with Crippen LogP contribution >= 0.6 is 0 Å². The highest BCUT2D eigenvalue weighted by Gasteiger charge is 2.12. The summed E-state index contributed by atoms with van der Waals surface area (Å²) in [5, 5.41) is 26.3. The van der Waals surface area contributed by atoms with Gasteiger partial charge >= 0.3 is 5.97 Å². The van der Waals surface area contributed by atoms with Crippen LogP contribution in [-0.4, -0.2) is 27.1 Å². The number of ketones is 1. The van der Waals surface area contributed by atoms with Crippen molar-refractivity contribution in [3.63, 3.8) is 0 Å². The van der Waals surface area contributed by atoms with Crippen molar-refractivity contribution in [1.82, 2.24) is 0 Å². The zero-order chi connectivity index (χ0) is 10.7. The van der Waals surface area contributed by atoms with Crippen LogP contribution in [0.3, 0.4) is 0 Å². The van der Waals surface area contributed by atoms with E-state index in [0.29, 0.717) is 0 Å². The number of rotatable bonds is 3. The van der Waals surface area contributed by atoms with E-state index in [1.54, 1.807) is 0 Å². The molecule has 0 aliphatic rings. The largest absolute Gasteiger partial charge is 0.504 e. The van der Waals surface area contributed by atoms with Crippen LogP contribution in [0.15, 0.2) is 18.2 Å². The Labute approximate surface area is 79.2 Å². The van der Waals surface area contributed by atoms with Crippen LogP contribution in [0.2, 0.25) is 0 Å². The molecule has 0 amide bonds. The van der Waals surface area contributed by atoms with Crippen molar-refractivity contribution in [2.45, 2.75) is 6.42 Å². The number of carboxylic acid groups (broad SMARTS) is 1. The SMILES string of the molecule is O=C(O)CC(=O)c1ccc(O)c(O)c1. The van der Waals surface area contributed by atoms with Crippen LogP contribution in [0.4, 0.5) is 0 Å². The van der Waals surface area contributed by atoms with Gasteiger partial charge in [-0.15, -0.1) is 0 Å². The summed E-state index contributed by atoms with van der Waals surface area (Å²) in [6.07, 6.45) is -0.635. The van der Waals surface area contributed by atoms with Gasteiger partial charge in [0.05, 0.1) is 0 Å². The number of Topliss-reactive ketones (excluding diaryl/α,β-unsaturated/α-hetero) is 1. The van der Waals surface area contributed by atoms with Gasteiger partial charge in [0.1, 0.15) is 6.42 Å². The van der Waals surface area contributed by atoms with E-state index in [4.69, 9.17) is 15.3 Å². The Morgan fingerprint density at radius 2 is 1.79 bits per heavy atom. The van der Waals surface area contributed by atoms with Crippen molar-refractivity contribution in [1.29, 1.82) is 0 Å². The number of carbonyl (C=O) groups excluding carboxylic acids is 1. The van der Waals surface area contributed by atoms with Gasteiger partial charge < -0.3 is 15.3 Å². The first kappa shape index (κ1) is 10.0. The fourth-order valence-corrected chi connectivity index (χ4v) is 0.936. The van der Waals surface area contributed by atoms with E-state index >= 15 is 0 Å². The minimum Gasteiger partial charge on any atom is -0.504 e. The molecule has 5 heteroatoms. The molecule has 0 bridgehead atoms. The van der Waals surface area contributed by atoms with Crippen molar-refractivity contribution in [3.05, 3.63) is 23.8 Å². The highest BCUT2D eigenvalue weighted by atomic mass is 16.4. The molecule has 0 spiro atoms. The molecule has 1 aromatic rings. The summed E-state index contributed by atoms with van der Waals surface area (Å²) in [5.41, 5.74) is 0.0581. The van der Waals surface area contributed by atoms with Crippen molar-refractivity contribution >= 4 is 11.8 Å². The molecule has 0 heterocycles. The number of aliphatic carboxylic acids is 1. The summed E-state index contributed by atoms with van der Waals surface area (Å²) in [4.78, 5) is 21.3. The number of aromatic hydroxyl groups is 2. The number of carboxylic acids is 1.